The van der Waals surface area contributed by atoms with Gasteiger partial charge in [0.2, 0.25) is 0 Å². The van der Waals surface area contributed by atoms with Crippen molar-refractivity contribution in [3.8, 4) is 5.75 Å². The second-order valence-corrected chi connectivity index (χ2v) is 6.33. The van der Waals surface area contributed by atoms with Crippen LogP contribution in [-0.2, 0) is 0 Å². The predicted octanol–water partition coefficient (Wildman–Crippen LogP) is 4.07. The maximum atomic E-state index is 12.6. The first-order valence-corrected chi connectivity index (χ1v) is 7.87. The van der Waals surface area contributed by atoms with E-state index in [4.69, 9.17) is 0 Å². The van der Waals surface area contributed by atoms with Crippen LogP contribution in [-0.4, -0.2) is 35.3 Å². The van der Waals surface area contributed by atoms with E-state index in [1.807, 2.05) is 0 Å². The molecule has 1 amide bonds. The molecule has 1 aliphatic rings. The molecule has 1 aromatic carbocycles. The number of nitrogens with zero attached hydrogens (tertiary/aromatic N) is 1. The zero-order valence-electron chi connectivity index (χ0n) is 11.8. The van der Waals surface area contributed by atoms with Gasteiger partial charge in [-0.1, -0.05) is 40.9 Å². The van der Waals surface area contributed by atoms with Gasteiger partial charge in [0.25, 0.3) is 5.91 Å². The first-order valence-electron chi connectivity index (χ1n) is 6.95. The molecule has 0 radical (unpaired) electrons. The topological polar surface area (TPSA) is 29.5 Å². The Morgan fingerprint density at radius 1 is 1.33 bits per heavy atom. The van der Waals surface area contributed by atoms with Crippen molar-refractivity contribution in [2.75, 3.05) is 7.05 Å². The molecule has 6 heteroatoms. The molecule has 0 aromatic heterocycles. The molecular weight excluding hydrogens is 344 g/mol. The van der Waals surface area contributed by atoms with Crippen LogP contribution >= 0.6 is 15.9 Å². The van der Waals surface area contributed by atoms with Crippen LogP contribution in [0.5, 0.6) is 5.75 Å². The Morgan fingerprint density at radius 3 is 2.67 bits per heavy atom. The van der Waals surface area contributed by atoms with Gasteiger partial charge in [-0.3, -0.25) is 4.79 Å². The maximum Gasteiger partial charge on any atom is 0.387 e. The van der Waals surface area contributed by atoms with Gasteiger partial charge in [0.1, 0.15) is 5.75 Å². The van der Waals surface area contributed by atoms with E-state index in [0.717, 1.165) is 25.7 Å². The molecule has 0 spiro atoms. The van der Waals surface area contributed by atoms with Crippen molar-refractivity contribution < 1.29 is 18.3 Å². The van der Waals surface area contributed by atoms with E-state index < -0.39 is 6.61 Å². The second-order valence-electron chi connectivity index (χ2n) is 5.16. The summed E-state index contributed by atoms with van der Waals surface area (Å²) in [6.45, 7) is -2.94. The largest absolute Gasteiger partial charge is 0.434 e. The van der Waals surface area contributed by atoms with Crippen LogP contribution in [0.2, 0.25) is 0 Å². The Hall–Kier alpha value is -1.17. The van der Waals surface area contributed by atoms with E-state index in [-0.39, 0.29) is 28.1 Å². The van der Waals surface area contributed by atoms with Crippen molar-refractivity contribution in [2.45, 2.75) is 43.2 Å². The zero-order valence-corrected chi connectivity index (χ0v) is 13.4. The zero-order chi connectivity index (χ0) is 15.4. The molecule has 1 aliphatic carbocycles. The van der Waals surface area contributed by atoms with Gasteiger partial charge in [-0.05, 0) is 25.0 Å². The molecule has 1 aromatic rings. The number of halogens is 3. The predicted molar refractivity (Wildman–Crippen MR) is 80.1 cm³/mol. The van der Waals surface area contributed by atoms with E-state index in [1.54, 1.807) is 24.1 Å². The molecule has 2 rings (SSSR count). The molecular formula is C15H18BrF2NO2. The quantitative estimate of drug-likeness (QED) is 0.756. The third-order valence-electron chi connectivity index (χ3n) is 3.80. The van der Waals surface area contributed by atoms with Gasteiger partial charge in [0.15, 0.2) is 0 Å². The highest BCUT2D eigenvalue weighted by atomic mass is 79.9. The minimum absolute atomic E-state index is 0.0749. The Balaban J connectivity index is 2.19. The molecule has 2 atom stereocenters. The molecule has 2 unspecified atom stereocenters. The number of hydrogen-bond donors (Lipinski definition) is 0. The lowest BCUT2D eigenvalue weighted by Crippen LogP contribution is -2.44. The van der Waals surface area contributed by atoms with Gasteiger partial charge in [-0.2, -0.15) is 8.78 Å². The summed E-state index contributed by atoms with van der Waals surface area (Å²) in [5.41, 5.74) is 0.172. The van der Waals surface area contributed by atoms with E-state index in [2.05, 4.69) is 20.7 Å². The van der Waals surface area contributed by atoms with Gasteiger partial charge in [0, 0.05) is 17.9 Å². The molecule has 1 fully saturated rings. The van der Waals surface area contributed by atoms with Crippen LogP contribution in [0.25, 0.3) is 0 Å². The number of hydrogen-bond acceptors (Lipinski definition) is 2. The fourth-order valence-electron chi connectivity index (χ4n) is 2.69. The standard InChI is InChI=1S/C15H18BrF2NO2/c1-19(12-8-4-3-7-11(12)16)14(20)10-6-2-5-9-13(10)21-15(17)18/h2,5-6,9,11-12,15H,3-4,7-8H2,1H3. The summed E-state index contributed by atoms with van der Waals surface area (Å²) in [4.78, 5) is 14.4. The van der Waals surface area contributed by atoms with Crippen LogP contribution in [0.4, 0.5) is 8.78 Å². The fraction of sp³-hybridized carbons (Fsp3) is 0.533. The van der Waals surface area contributed by atoms with Crippen molar-refractivity contribution in [2.24, 2.45) is 0 Å². The molecule has 3 nitrogen and oxygen atoms in total. The molecule has 0 heterocycles. The van der Waals surface area contributed by atoms with Gasteiger partial charge >= 0.3 is 6.61 Å². The van der Waals surface area contributed by atoms with Crippen molar-refractivity contribution in [3.05, 3.63) is 29.8 Å². The van der Waals surface area contributed by atoms with Gasteiger partial charge in [-0.25, -0.2) is 0 Å². The van der Waals surface area contributed by atoms with Crippen molar-refractivity contribution >= 4 is 21.8 Å². The number of para-hydroxylation sites is 1. The number of carbonyl (C=O) groups excluding carboxylic acids is 1. The lowest BCUT2D eigenvalue weighted by Gasteiger charge is -2.35. The Morgan fingerprint density at radius 2 is 2.00 bits per heavy atom. The first kappa shape index (κ1) is 16.2. The lowest BCUT2D eigenvalue weighted by molar-refractivity contribution is -0.0503. The monoisotopic (exact) mass is 361 g/mol. The first-order chi connectivity index (χ1) is 10.0. The normalized spacial score (nSPS) is 22.1. The highest BCUT2D eigenvalue weighted by Gasteiger charge is 2.30. The Kier molecular flexibility index (Phi) is 5.56. The average Bonchev–Trinajstić information content (AvgIpc) is 2.46. The average molecular weight is 362 g/mol. The maximum absolute atomic E-state index is 12.6. The van der Waals surface area contributed by atoms with Crippen molar-refractivity contribution in [3.63, 3.8) is 0 Å². The summed E-state index contributed by atoms with van der Waals surface area (Å²) in [7, 11) is 1.71. The number of ether oxygens (including phenoxy) is 1. The number of rotatable bonds is 4. The molecule has 0 saturated heterocycles. The highest BCUT2D eigenvalue weighted by Crippen LogP contribution is 2.30. The molecule has 116 valence electrons. The summed E-state index contributed by atoms with van der Waals surface area (Å²) < 4.78 is 29.3. The summed E-state index contributed by atoms with van der Waals surface area (Å²) in [5, 5.41) is 0. The molecule has 0 aliphatic heterocycles. The third-order valence-corrected chi connectivity index (χ3v) is 4.87. The SMILES string of the molecule is CN(C(=O)c1ccccc1OC(F)F)C1CCCCC1Br. The van der Waals surface area contributed by atoms with E-state index >= 15 is 0 Å². The second kappa shape index (κ2) is 7.20. The van der Waals surface area contributed by atoms with Crippen molar-refractivity contribution in [1.82, 2.24) is 4.90 Å². The van der Waals surface area contributed by atoms with Crippen LogP contribution in [0.3, 0.4) is 0 Å². The number of carbonyl (C=O) groups is 1. The number of alkyl halides is 3. The van der Waals surface area contributed by atoms with Crippen LogP contribution in [0.1, 0.15) is 36.0 Å². The summed E-state index contributed by atoms with van der Waals surface area (Å²) >= 11 is 3.61. The van der Waals surface area contributed by atoms with Gasteiger partial charge < -0.3 is 9.64 Å². The minimum Gasteiger partial charge on any atom is -0.434 e. The summed E-state index contributed by atoms with van der Waals surface area (Å²) in [6.07, 6.45) is 4.13. The lowest BCUT2D eigenvalue weighted by atomic mass is 9.94. The van der Waals surface area contributed by atoms with E-state index in [0.29, 0.717) is 0 Å². The van der Waals surface area contributed by atoms with E-state index in [1.165, 1.54) is 12.1 Å². The smallest absolute Gasteiger partial charge is 0.387 e. The Bertz CT molecular complexity index is 498. The van der Waals surface area contributed by atoms with Crippen molar-refractivity contribution in [1.29, 1.82) is 0 Å². The van der Waals surface area contributed by atoms with Crippen LogP contribution in [0.15, 0.2) is 24.3 Å². The Labute approximate surface area is 131 Å². The molecule has 0 bridgehead atoms. The van der Waals surface area contributed by atoms with Gasteiger partial charge in [-0.15, -0.1) is 0 Å². The third kappa shape index (κ3) is 3.93. The highest BCUT2D eigenvalue weighted by molar-refractivity contribution is 9.09. The minimum atomic E-state index is -2.94. The fourth-order valence-corrected chi connectivity index (χ4v) is 3.63. The number of amides is 1. The molecule has 21 heavy (non-hydrogen) atoms. The summed E-state index contributed by atoms with van der Waals surface area (Å²) in [5.74, 6) is -0.367. The molecule has 0 N–H and O–H groups in total. The van der Waals surface area contributed by atoms with Crippen LogP contribution in [0, 0.1) is 0 Å². The van der Waals surface area contributed by atoms with E-state index in [9.17, 15) is 13.6 Å². The van der Waals surface area contributed by atoms with Crippen LogP contribution < -0.4 is 4.74 Å². The molecule has 1 saturated carbocycles. The van der Waals surface area contributed by atoms with Gasteiger partial charge in [0.05, 0.1) is 5.56 Å². The number of benzene rings is 1. The summed E-state index contributed by atoms with van der Waals surface area (Å²) in [6, 6.07) is 6.20.